The Bertz CT molecular complexity index is 921. The molecule has 1 heterocycles. The molecule has 1 saturated heterocycles. The Balaban J connectivity index is 1.60. The third-order valence-electron chi connectivity index (χ3n) is 4.72. The van der Waals surface area contributed by atoms with E-state index in [1.165, 1.54) is 0 Å². The first-order chi connectivity index (χ1) is 14.9. The van der Waals surface area contributed by atoms with Crippen molar-refractivity contribution in [3.63, 3.8) is 0 Å². The molecular weight excluding hydrogens is 466 g/mol. The van der Waals surface area contributed by atoms with E-state index in [0.717, 1.165) is 14.9 Å². The van der Waals surface area contributed by atoms with Crippen molar-refractivity contribution in [3.05, 3.63) is 64.6 Å². The van der Waals surface area contributed by atoms with Gasteiger partial charge in [0.2, 0.25) is 0 Å². The average Bonchev–Trinajstić information content (AvgIpc) is 3.02. The van der Waals surface area contributed by atoms with Crippen LogP contribution in [0.5, 0.6) is 5.75 Å². The van der Waals surface area contributed by atoms with Crippen molar-refractivity contribution in [2.75, 3.05) is 6.61 Å². The van der Waals surface area contributed by atoms with Gasteiger partial charge in [-0.25, -0.2) is 15.2 Å². The summed E-state index contributed by atoms with van der Waals surface area (Å²) in [5.41, 5.74) is 3.24. The van der Waals surface area contributed by atoms with Gasteiger partial charge in [0.25, 0.3) is 11.8 Å². The number of ether oxygens (including phenoxy) is 1. The molecule has 0 radical (unpaired) electrons. The Morgan fingerprint density at radius 1 is 1.13 bits per heavy atom. The quantitative estimate of drug-likeness (QED) is 0.416. The smallest absolute Gasteiger partial charge is 0.325 e. The van der Waals surface area contributed by atoms with Crippen molar-refractivity contribution < 1.29 is 24.0 Å². The van der Waals surface area contributed by atoms with Crippen LogP contribution in [-0.4, -0.2) is 41.4 Å². The predicted octanol–water partition coefficient (Wildman–Crippen LogP) is 3.02. The molecule has 1 aliphatic rings. The molecule has 0 aliphatic carbocycles. The Morgan fingerprint density at radius 3 is 2.45 bits per heavy atom. The topological polar surface area (TPSA) is 97.0 Å². The SMILES string of the molecule is CC(C)[C@H](C(=O)NOCc1ccccc1)N1C(=O)NC(COc2ccc(Br)cc2)C1=O. The first kappa shape index (κ1) is 22.8. The summed E-state index contributed by atoms with van der Waals surface area (Å²) in [7, 11) is 0. The Labute approximate surface area is 189 Å². The molecule has 4 amide bonds. The number of amides is 4. The highest BCUT2D eigenvalue weighted by atomic mass is 79.9. The molecule has 2 aromatic carbocycles. The van der Waals surface area contributed by atoms with Gasteiger partial charge in [0.1, 0.15) is 24.4 Å². The maximum atomic E-state index is 12.9. The van der Waals surface area contributed by atoms with Crippen LogP contribution in [0.2, 0.25) is 0 Å². The van der Waals surface area contributed by atoms with E-state index in [-0.39, 0.29) is 19.1 Å². The summed E-state index contributed by atoms with van der Waals surface area (Å²) in [5.74, 6) is -0.833. The maximum absolute atomic E-state index is 12.9. The van der Waals surface area contributed by atoms with Crippen LogP contribution in [0.25, 0.3) is 0 Å². The number of imide groups is 1. The zero-order chi connectivity index (χ0) is 22.4. The van der Waals surface area contributed by atoms with Crippen LogP contribution in [0, 0.1) is 5.92 Å². The fourth-order valence-electron chi connectivity index (χ4n) is 3.18. The van der Waals surface area contributed by atoms with Crippen LogP contribution in [0.4, 0.5) is 4.79 Å². The lowest BCUT2D eigenvalue weighted by Crippen LogP contribution is -2.52. The number of rotatable bonds is 9. The normalized spacial score (nSPS) is 16.9. The third-order valence-corrected chi connectivity index (χ3v) is 5.24. The lowest BCUT2D eigenvalue weighted by atomic mass is 10.0. The van der Waals surface area contributed by atoms with E-state index in [9.17, 15) is 14.4 Å². The van der Waals surface area contributed by atoms with Crippen molar-refractivity contribution in [2.45, 2.75) is 32.5 Å². The van der Waals surface area contributed by atoms with Crippen LogP contribution in [0.1, 0.15) is 19.4 Å². The maximum Gasteiger partial charge on any atom is 0.325 e. The molecule has 1 aliphatic heterocycles. The molecule has 2 atom stereocenters. The minimum absolute atomic E-state index is 0.0420. The van der Waals surface area contributed by atoms with Gasteiger partial charge in [0.15, 0.2) is 0 Å². The molecule has 3 rings (SSSR count). The molecule has 164 valence electrons. The van der Waals surface area contributed by atoms with E-state index in [1.54, 1.807) is 26.0 Å². The van der Waals surface area contributed by atoms with Crippen molar-refractivity contribution in [2.24, 2.45) is 5.92 Å². The van der Waals surface area contributed by atoms with Crippen LogP contribution >= 0.6 is 15.9 Å². The summed E-state index contributed by atoms with van der Waals surface area (Å²) in [5, 5.41) is 2.59. The summed E-state index contributed by atoms with van der Waals surface area (Å²) < 4.78 is 6.52. The lowest BCUT2D eigenvalue weighted by molar-refractivity contribution is -0.146. The van der Waals surface area contributed by atoms with Crippen molar-refractivity contribution in [3.8, 4) is 5.75 Å². The molecule has 1 fully saturated rings. The van der Waals surface area contributed by atoms with Gasteiger partial charge in [-0.2, -0.15) is 0 Å². The number of halogens is 1. The number of urea groups is 1. The van der Waals surface area contributed by atoms with Crippen LogP contribution in [-0.2, 0) is 21.0 Å². The van der Waals surface area contributed by atoms with Gasteiger partial charge < -0.3 is 10.1 Å². The number of hydroxylamine groups is 1. The van der Waals surface area contributed by atoms with Crippen molar-refractivity contribution >= 4 is 33.8 Å². The van der Waals surface area contributed by atoms with Crippen molar-refractivity contribution in [1.82, 2.24) is 15.7 Å². The Kier molecular flexibility index (Phi) is 7.64. The number of carbonyl (C=O) groups excluding carboxylic acids is 3. The van der Waals surface area contributed by atoms with Gasteiger partial charge in [-0.15, -0.1) is 0 Å². The van der Waals surface area contributed by atoms with E-state index in [4.69, 9.17) is 9.57 Å². The summed E-state index contributed by atoms with van der Waals surface area (Å²) in [6.45, 7) is 3.64. The monoisotopic (exact) mass is 489 g/mol. The van der Waals surface area contributed by atoms with Gasteiger partial charge in [0.05, 0.1) is 6.61 Å². The zero-order valence-electron chi connectivity index (χ0n) is 17.2. The van der Waals surface area contributed by atoms with Gasteiger partial charge >= 0.3 is 6.03 Å². The predicted molar refractivity (Wildman–Crippen MR) is 117 cm³/mol. The molecular formula is C22H24BrN3O5. The van der Waals surface area contributed by atoms with E-state index in [2.05, 4.69) is 26.7 Å². The van der Waals surface area contributed by atoms with Gasteiger partial charge in [-0.1, -0.05) is 60.1 Å². The zero-order valence-corrected chi connectivity index (χ0v) is 18.8. The summed E-state index contributed by atoms with van der Waals surface area (Å²) in [6, 6.07) is 13.9. The summed E-state index contributed by atoms with van der Waals surface area (Å²) >= 11 is 3.34. The highest BCUT2D eigenvalue weighted by molar-refractivity contribution is 9.10. The number of benzene rings is 2. The molecule has 31 heavy (non-hydrogen) atoms. The standard InChI is InChI=1S/C22H24BrN3O5/c1-14(2)19(20(27)25-31-12-15-6-4-3-5-7-15)26-21(28)18(24-22(26)29)13-30-17-10-8-16(23)9-11-17/h3-11,14,18-19H,12-13H2,1-2H3,(H,24,29)(H,25,27)/t18?,19-/m1/s1. The second kappa shape index (κ2) is 10.4. The number of nitrogens with zero attached hydrogens (tertiary/aromatic N) is 1. The first-order valence-electron chi connectivity index (χ1n) is 9.84. The number of hydrogen-bond donors (Lipinski definition) is 2. The number of nitrogens with one attached hydrogen (secondary N) is 2. The summed E-state index contributed by atoms with van der Waals surface area (Å²) in [4.78, 5) is 44.3. The molecule has 0 aromatic heterocycles. The van der Waals surface area contributed by atoms with E-state index in [0.29, 0.717) is 5.75 Å². The second-order valence-corrected chi connectivity index (χ2v) is 8.32. The van der Waals surface area contributed by atoms with Gasteiger partial charge in [0, 0.05) is 4.47 Å². The second-order valence-electron chi connectivity index (χ2n) is 7.40. The van der Waals surface area contributed by atoms with E-state index >= 15 is 0 Å². The third kappa shape index (κ3) is 5.83. The minimum atomic E-state index is -1.01. The molecule has 2 N–H and O–H groups in total. The largest absolute Gasteiger partial charge is 0.491 e. The fraction of sp³-hybridized carbons (Fsp3) is 0.318. The van der Waals surface area contributed by atoms with Crippen LogP contribution in [0.3, 0.4) is 0 Å². The first-order valence-corrected chi connectivity index (χ1v) is 10.6. The van der Waals surface area contributed by atoms with Crippen LogP contribution in [0.15, 0.2) is 59.1 Å². The van der Waals surface area contributed by atoms with E-state index < -0.39 is 29.9 Å². The summed E-state index contributed by atoms with van der Waals surface area (Å²) in [6.07, 6.45) is 0. The molecule has 0 spiro atoms. The fourth-order valence-corrected chi connectivity index (χ4v) is 3.44. The molecule has 8 nitrogen and oxygen atoms in total. The molecule has 2 aromatic rings. The highest BCUT2D eigenvalue weighted by Gasteiger charge is 2.46. The lowest BCUT2D eigenvalue weighted by Gasteiger charge is -2.27. The molecule has 0 saturated carbocycles. The number of hydrogen-bond acceptors (Lipinski definition) is 5. The molecule has 9 heteroatoms. The number of carbonyl (C=O) groups is 3. The van der Waals surface area contributed by atoms with E-state index in [1.807, 2.05) is 42.5 Å². The Hall–Kier alpha value is -2.91. The highest BCUT2D eigenvalue weighted by Crippen LogP contribution is 2.20. The molecule has 0 bridgehead atoms. The minimum Gasteiger partial charge on any atom is -0.491 e. The van der Waals surface area contributed by atoms with Crippen molar-refractivity contribution in [1.29, 1.82) is 0 Å². The van der Waals surface area contributed by atoms with Gasteiger partial charge in [-0.05, 0) is 35.7 Å². The average molecular weight is 490 g/mol. The van der Waals surface area contributed by atoms with Crippen LogP contribution < -0.4 is 15.5 Å². The van der Waals surface area contributed by atoms with Gasteiger partial charge in [-0.3, -0.25) is 14.4 Å². The molecule has 1 unspecified atom stereocenters. The Morgan fingerprint density at radius 2 is 1.81 bits per heavy atom.